The molecule has 0 aliphatic heterocycles. The third-order valence-electron chi connectivity index (χ3n) is 3.44. The zero-order valence-corrected chi connectivity index (χ0v) is 13.6. The lowest BCUT2D eigenvalue weighted by Gasteiger charge is -2.14. The van der Waals surface area contributed by atoms with Gasteiger partial charge in [0.05, 0.1) is 16.1 Å². The standard InChI is InChI=1S/C16H15Cl2N3/c1-9-5-4-6-12(18)14(9)21-15(11(3)17)20-13-8-7-10(2)19-16(13)21/h4-8,11H,1-3H3. The molecule has 0 fully saturated rings. The predicted molar refractivity (Wildman–Crippen MR) is 87.6 cm³/mol. The van der Waals surface area contributed by atoms with Gasteiger partial charge in [-0.1, -0.05) is 23.7 Å². The van der Waals surface area contributed by atoms with Crippen LogP contribution >= 0.6 is 23.2 Å². The summed E-state index contributed by atoms with van der Waals surface area (Å²) in [5.41, 5.74) is 4.49. The molecule has 2 heterocycles. The van der Waals surface area contributed by atoms with E-state index in [1.54, 1.807) is 0 Å². The predicted octanol–water partition coefficient (Wildman–Crippen LogP) is 4.99. The molecule has 0 amide bonds. The van der Waals surface area contributed by atoms with Crippen molar-refractivity contribution < 1.29 is 0 Å². The van der Waals surface area contributed by atoms with Crippen LogP contribution in [0.2, 0.25) is 5.02 Å². The molecule has 1 aromatic carbocycles. The van der Waals surface area contributed by atoms with E-state index < -0.39 is 0 Å². The average Bonchev–Trinajstić information content (AvgIpc) is 2.78. The maximum absolute atomic E-state index is 6.42. The van der Waals surface area contributed by atoms with E-state index in [1.165, 1.54) is 0 Å². The number of halogens is 2. The molecule has 1 unspecified atom stereocenters. The minimum absolute atomic E-state index is 0.241. The Morgan fingerprint density at radius 1 is 1.10 bits per heavy atom. The summed E-state index contributed by atoms with van der Waals surface area (Å²) in [5.74, 6) is 0.751. The minimum Gasteiger partial charge on any atom is -0.278 e. The van der Waals surface area contributed by atoms with Gasteiger partial charge in [0.25, 0.3) is 0 Å². The largest absolute Gasteiger partial charge is 0.278 e. The number of alkyl halides is 1. The van der Waals surface area contributed by atoms with Gasteiger partial charge in [0, 0.05) is 5.69 Å². The van der Waals surface area contributed by atoms with Gasteiger partial charge >= 0.3 is 0 Å². The molecule has 0 N–H and O–H groups in total. The molecule has 0 saturated carbocycles. The normalized spacial score (nSPS) is 12.8. The van der Waals surface area contributed by atoms with Crippen LogP contribution < -0.4 is 0 Å². The van der Waals surface area contributed by atoms with Gasteiger partial charge in [-0.25, -0.2) is 9.97 Å². The topological polar surface area (TPSA) is 30.7 Å². The van der Waals surface area contributed by atoms with Crippen molar-refractivity contribution in [1.29, 1.82) is 0 Å². The Labute approximate surface area is 133 Å². The number of fused-ring (bicyclic) bond motifs is 1. The van der Waals surface area contributed by atoms with Crippen LogP contribution in [0.3, 0.4) is 0 Å². The molecule has 0 aliphatic rings. The fraction of sp³-hybridized carbons (Fsp3) is 0.250. The molecule has 21 heavy (non-hydrogen) atoms. The van der Waals surface area contributed by atoms with E-state index in [0.29, 0.717) is 5.02 Å². The summed E-state index contributed by atoms with van der Waals surface area (Å²) in [6.07, 6.45) is 0. The Kier molecular flexibility index (Phi) is 3.64. The molecule has 3 aromatic rings. The Morgan fingerprint density at radius 3 is 2.52 bits per heavy atom. The lowest BCUT2D eigenvalue weighted by molar-refractivity contribution is 0.872. The van der Waals surface area contributed by atoms with Crippen molar-refractivity contribution in [1.82, 2.24) is 14.5 Å². The monoisotopic (exact) mass is 319 g/mol. The summed E-state index contributed by atoms with van der Waals surface area (Å²) in [7, 11) is 0. The maximum Gasteiger partial charge on any atom is 0.165 e. The number of pyridine rings is 1. The second kappa shape index (κ2) is 5.32. The fourth-order valence-electron chi connectivity index (χ4n) is 2.46. The van der Waals surface area contributed by atoms with E-state index in [1.807, 2.05) is 55.7 Å². The van der Waals surface area contributed by atoms with E-state index >= 15 is 0 Å². The molecular weight excluding hydrogens is 305 g/mol. The van der Waals surface area contributed by atoms with Gasteiger partial charge in [-0.15, -0.1) is 11.6 Å². The fourth-order valence-corrected chi connectivity index (χ4v) is 2.92. The van der Waals surface area contributed by atoms with Crippen molar-refractivity contribution in [3.63, 3.8) is 0 Å². The van der Waals surface area contributed by atoms with Gasteiger partial charge in [0.1, 0.15) is 11.3 Å². The van der Waals surface area contributed by atoms with Crippen molar-refractivity contribution in [2.45, 2.75) is 26.1 Å². The van der Waals surface area contributed by atoms with Crippen LogP contribution in [-0.2, 0) is 0 Å². The van der Waals surface area contributed by atoms with E-state index in [9.17, 15) is 0 Å². The molecule has 2 aromatic heterocycles. The SMILES string of the molecule is Cc1ccc2nc(C(C)Cl)n(-c3c(C)cccc3Cl)c2n1. The second-order valence-corrected chi connectivity index (χ2v) is 6.18. The van der Waals surface area contributed by atoms with Crippen molar-refractivity contribution >= 4 is 34.4 Å². The van der Waals surface area contributed by atoms with Crippen LogP contribution in [-0.4, -0.2) is 14.5 Å². The first kappa shape index (κ1) is 14.4. The van der Waals surface area contributed by atoms with Crippen LogP contribution in [0.15, 0.2) is 30.3 Å². The van der Waals surface area contributed by atoms with Crippen molar-refractivity contribution in [2.75, 3.05) is 0 Å². The Bertz CT molecular complexity index is 801. The lowest BCUT2D eigenvalue weighted by atomic mass is 10.2. The summed E-state index contributed by atoms with van der Waals surface area (Å²) >= 11 is 12.7. The number of imidazole rings is 1. The van der Waals surface area contributed by atoms with Crippen molar-refractivity contribution in [3.05, 3.63) is 52.4 Å². The lowest BCUT2D eigenvalue weighted by Crippen LogP contribution is -2.05. The molecule has 0 radical (unpaired) electrons. The molecule has 0 spiro atoms. The first-order chi connectivity index (χ1) is 9.99. The highest BCUT2D eigenvalue weighted by molar-refractivity contribution is 6.32. The van der Waals surface area contributed by atoms with Gasteiger partial charge in [0.15, 0.2) is 5.65 Å². The number of para-hydroxylation sites is 1. The van der Waals surface area contributed by atoms with Crippen LogP contribution in [0.1, 0.15) is 29.4 Å². The molecule has 5 heteroatoms. The average molecular weight is 320 g/mol. The number of benzene rings is 1. The van der Waals surface area contributed by atoms with E-state index in [4.69, 9.17) is 23.2 Å². The summed E-state index contributed by atoms with van der Waals surface area (Å²) in [6.45, 7) is 5.88. The number of aromatic nitrogens is 3. The Balaban J connectivity index is 2.44. The van der Waals surface area contributed by atoms with Gasteiger partial charge in [-0.2, -0.15) is 0 Å². The highest BCUT2D eigenvalue weighted by Crippen LogP contribution is 2.32. The number of nitrogens with zero attached hydrogens (tertiary/aromatic N) is 3. The third kappa shape index (κ3) is 2.41. The Morgan fingerprint density at radius 2 is 1.86 bits per heavy atom. The van der Waals surface area contributed by atoms with Crippen LogP contribution in [0.5, 0.6) is 0 Å². The van der Waals surface area contributed by atoms with E-state index in [-0.39, 0.29) is 5.38 Å². The summed E-state index contributed by atoms with van der Waals surface area (Å²) in [5, 5.41) is 0.423. The molecule has 0 bridgehead atoms. The van der Waals surface area contributed by atoms with Crippen LogP contribution in [0.25, 0.3) is 16.9 Å². The quantitative estimate of drug-likeness (QED) is 0.623. The molecule has 0 saturated heterocycles. The smallest absolute Gasteiger partial charge is 0.165 e. The molecule has 108 valence electrons. The molecule has 3 rings (SSSR count). The maximum atomic E-state index is 6.42. The van der Waals surface area contributed by atoms with Gasteiger partial charge in [-0.3, -0.25) is 4.57 Å². The third-order valence-corrected chi connectivity index (χ3v) is 3.94. The van der Waals surface area contributed by atoms with Gasteiger partial charge in [0.2, 0.25) is 0 Å². The summed E-state index contributed by atoms with van der Waals surface area (Å²) < 4.78 is 1.97. The van der Waals surface area contributed by atoms with Crippen LogP contribution in [0.4, 0.5) is 0 Å². The zero-order valence-electron chi connectivity index (χ0n) is 12.1. The molecule has 1 atom stereocenters. The van der Waals surface area contributed by atoms with E-state index in [0.717, 1.165) is 33.9 Å². The number of rotatable bonds is 2. The number of hydrogen-bond donors (Lipinski definition) is 0. The zero-order chi connectivity index (χ0) is 15.1. The molecule has 0 aliphatic carbocycles. The highest BCUT2D eigenvalue weighted by Gasteiger charge is 2.20. The number of hydrogen-bond acceptors (Lipinski definition) is 2. The molecular formula is C16H15Cl2N3. The number of aryl methyl sites for hydroxylation is 2. The van der Waals surface area contributed by atoms with Crippen molar-refractivity contribution in [2.24, 2.45) is 0 Å². The minimum atomic E-state index is -0.241. The summed E-state index contributed by atoms with van der Waals surface area (Å²) in [4.78, 5) is 9.24. The Hall–Kier alpha value is -1.58. The second-order valence-electron chi connectivity index (χ2n) is 5.12. The molecule has 3 nitrogen and oxygen atoms in total. The van der Waals surface area contributed by atoms with E-state index in [2.05, 4.69) is 9.97 Å². The van der Waals surface area contributed by atoms with Gasteiger partial charge < -0.3 is 0 Å². The first-order valence-electron chi connectivity index (χ1n) is 6.74. The van der Waals surface area contributed by atoms with Crippen LogP contribution in [0, 0.1) is 13.8 Å². The van der Waals surface area contributed by atoms with Crippen molar-refractivity contribution in [3.8, 4) is 5.69 Å². The first-order valence-corrected chi connectivity index (χ1v) is 7.56. The highest BCUT2D eigenvalue weighted by atomic mass is 35.5. The van der Waals surface area contributed by atoms with Gasteiger partial charge in [-0.05, 0) is 44.5 Å². The summed E-state index contributed by atoms with van der Waals surface area (Å²) in [6, 6.07) is 9.73.